The largest absolute Gasteiger partial charge is 0.325 e. The van der Waals surface area contributed by atoms with Crippen LogP contribution in [0.2, 0.25) is 5.02 Å². The van der Waals surface area contributed by atoms with Gasteiger partial charge < -0.3 is 5.32 Å². The van der Waals surface area contributed by atoms with E-state index in [0.717, 1.165) is 27.3 Å². The Morgan fingerprint density at radius 3 is 2.50 bits per heavy atom. The third-order valence-corrected chi connectivity index (χ3v) is 5.57. The highest BCUT2D eigenvalue weighted by molar-refractivity contribution is 7.11. The monoisotopic (exact) mass is 357 g/mol. The van der Waals surface area contributed by atoms with Crippen molar-refractivity contribution in [3.05, 3.63) is 75.2 Å². The third kappa shape index (κ3) is 2.72. The van der Waals surface area contributed by atoms with Crippen molar-refractivity contribution in [2.75, 3.05) is 5.32 Å². The first kappa shape index (κ1) is 15.4. The quantitative estimate of drug-likeness (QED) is 0.628. The van der Waals surface area contributed by atoms with E-state index in [1.54, 1.807) is 23.5 Å². The highest BCUT2D eigenvalue weighted by atomic mass is 35.5. The van der Waals surface area contributed by atoms with Gasteiger partial charge in [-0.25, -0.2) is 4.39 Å². The van der Waals surface area contributed by atoms with E-state index >= 15 is 0 Å². The molecule has 5 heteroatoms. The van der Waals surface area contributed by atoms with Gasteiger partial charge in [-0.05, 0) is 35.4 Å². The molecule has 0 saturated carbocycles. The van der Waals surface area contributed by atoms with Gasteiger partial charge in [0.05, 0.1) is 5.69 Å². The summed E-state index contributed by atoms with van der Waals surface area (Å²) in [5.74, 6) is -0.335. The lowest BCUT2D eigenvalue weighted by Crippen LogP contribution is -2.22. The van der Waals surface area contributed by atoms with Gasteiger partial charge >= 0.3 is 0 Å². The van der Waals surface area contributed by atoms with Crippen molar-refractivity contribution >= 4 is 34.5 Å². The molecule has 3 aromatic rings. The van der Waals surface area contributed by atoms with Crippen molar-refractivity contribution in [2.45, 2.75) is 12.3 Å². The maximum Gasteiger partial charge on any atom is 0.225 e. The number of benzene rings is 2. The van der Waals surface area contributed by atoms with Crippen molar-refractivity contribution in [1.29, 1.82) is 0 Å². The van der Waals surface area contributed by atoms with Gasteiger partial charge in [0.2, 0.25) is 5.91 Å². The molecule has 0 aliphatic carbocycles. The van der Waals surface area contributed by atoms with Crippen molar-refractivity contribution in [1.82, 2.24) is 0 Å². The van der Waals surface area contributed by atoms with Crippen LogP contribution in [0.1, 0.15) is 22.8 Å². The Morgan fingerprint density at radius 2 is 1.79 bits per heavy atom. The predicted molar refractivity (Wildman–Crippen MR) is 96.3 cm³/mol. The number of fused-ring (bicyclic) bond motifs is 1. The van der Waals surface area contributed by atoms with Crippen LogP contribution in [0, 0.1) is 5.82 Å². The molecule has 1 aliphatic rings. The van der Waals surface area contributed by atoms with E-state index < -0.39 is 0 Å². The molecule has 1 N–H and O–H groups in total. The summed E-state index contributed by atoms with van der Waals surface area (Å²) in [5.41, 5.74) is 3.81. The van der Waals surface area contributed by atoms with E-state index in [0.29, 0.717) is 11.4 Å². The number of rotatable bonds is 2. The normalized spacial score (nSPS) is 16.6. The zero-order valence-corrected chi connectivity index (χ0v) is 14.1. The minimum Gasteiger partial charge on any atom is -0.325 e. The summed E-state index contributed by atoms with van der Waals surface area (Å²) < 4.78 is 13.2. The van der Waals surface area contributed by atoms with Gasteiger partial charge in [-0.1, -0.05) is 35.9 Å². The number of amides is 1. The Balaban J connectivity index is 1.80. The fraction of sp³-hybridized carbons (Fsp3) is 0.105. The molecule has 0 bridgehead atoms. The van der Waals surface area contributed by atoms with E-state index in [1.807, 2.05) is 24.3 Å². The molecule has 24 heavy (non-hydrogen) atoms. The maximum atomic E-state index is 13.2. The van der Waals surface area contributed by atoms with E-state index in [4.69, 9.17) is 11.6 Å². The molecular weight excluding hydrogens is 345 g/mol. The van der Waals surface area contributed by atoms with Crippen LogP contribution in [-0.4, -0.2) is 5.91 Å². The number of carbonyl (C=O) groups excluding carboxylic acids is 1. The number of hydrogen-bond donors (Lipinski definition) is 1. The van der Waals surface area contributed by atoms with E-state index in [1.165, 1.54) is 12.1 Å². The molecule has 2 nitrogen and oxygen atoms in total. The second-order valence-corrected chi connectivity index (χ2v) is 7.10. The van der Waals surface area contributed by atoms with Crippen molar-refractivity contribution < 1.29 is 9.18 Å². The summed E-state index contributed by atoms with van der Waals surface area (Å²) >= 11 is 7.58. The smallest absolute Gasteiger partial charge is 0.225 e. The molecular formula is C19H13ClFNOS. The molecule has 2 aromatic carbocycles. The van der Waals surface area contributed by atoms with Gasteiger partial charge in [0.15, 0.2) is 0 Å². The maximum absolute atomic E-state index is 13.2. The molecule has 0 radical (unpaired) electrons. The van der Waals surface area contributed by atoms with Crippen molar-refractivity contribution in [3.8, 4) is 11.1 Å². The highest BCUT2D eigenvalue weighted by Gasteiger charge is 2.30. The van der Waals surface area contributed by atoms with Gasteiger partial charge in [0.25, 0.3) is 0 Å². The van der Waals surface area contributed by atoms with E-state index in [2.05, 4.69) is 10.7 Å². The summed E-state index contributed by atoms with van der Waals surface area (Å²) in [6, 6.07) is 13.9. The summed E-state index contributed by atoms with van der Waals surface area (Å²) in [5, 5.41) is 5.73. The average molecular weight is 358 g/mol. The molecule has 4 rings (SSSR count). The van der Waals surface area contributed by atoms with Crippen LogP contribution in [0.4, 0.5) is 10.1 Å². The fourth-order valence-corrected chi connectivity index (χ4v) is 4.32. The van der Waals surface area contributed by atoms with E-state index in [9.17, 15) is 9.18 Å². The molecule has 0 fully saturated rings. The van der Waals surface area contributed by atoms with Gasteiger partial charge in [-0.2, -0.15) is 0 Å². The summed E-state index contributed by atoms with van der Waals surface area (Å²) in [6.07, 6.45) is 0.374. The Bertz CT molecular complexity index is 902. The molecule has 1 aliphatic heterocycles. The number of nitrogens with one attached hydrogen (secondary N) is 1. The molecule has 0 saturated heterocycles. The molecule has 1 amide bonds. The number of halogens is 2. The second-order valence-electron chi connectivity index (χ2n) is 5.75. The highest BCUT2D eigenvalue weighted by Crippen LogP contribution is 2.46. The van der Waals surface area contributed by atoms with Crippen molar-refractivity contribution in [3.63, 3.8) is 0 Å². The number of thiophene rings is 1. The molecule has 0 unspecified atom stereocenters. The first-order valence-electron chi connectivity index (χ1n) is 7.54. The minimum atomic E-state index is -0.271. The summed E-state index contributed by atoms with van der Waals surface area (Å²) in [6.45, 7) is 0. The van der Waals surface area contributed by atoms with Crippen LogP contribution in [-0.2, 0) is 4.79 Å². The van der Waals surface area contributed by atoms with Crippen LogP contribution < -0.4 is 5.32 Å². The van der Waals surface area contributed by atoms with Crippen LogP contribution in [0.5, 0.6) is 0 Å². The van der Waals surface area contributed by atoms with Gasteiger partial charge in [-0.3, -0.25) is 4.79 Å². The molecule has 120 valence electrons. The Kier molecular flexibility index (Phi) is 3.87. The molecule has 1 atom stereocenters. The average Bonchev–Trinajstić information content (AvgIpc) is 2.99. The van der Waals surface area contributed by atoms with Crippen LogP contribution in [0.15, 0.2) is 53.9 Å². The Labute approximate surface area is 147 Å². The first-order valence-corrected chi connectivity index (χ1v) is 8.80. The van der Waals surface area contributed by atoms with E-state index in [-0.39, 0.29) is 17.6 Å². The van der Waals surface area contributed by atoms with Crippen LogP contribution >= 0.6 is 22.9 Å². The zero-order chi connectivity index (χ0) is 16.7. The second kappa shape index (κ2) is 6.04. The number of hydrogen-bond acceptors (Lipinski definition) is 2. The van der Waals surface area contributed by atoms with Crippen LogP contribution in [0.3, 0.4) is 0 Å². The summed E-state index contributed by atoms with van der Waals surface area (Å²) in [4.78, 5) is 13.3. The Hall–Kier alpha value is -2.17. The first-order chi connectivity index (χ1) is 11.6. The minimum absolute atomic E-state index is 0.0227. The SMILES string of the molecule is O=C1C[C@H](c2ccc(F)cc2)c2scc(-c3ccc(Cl)cc3)c2N1. The lowest BCUT2D eigenvalue weighted by atomic mass is 9.89. The number of carbonyl (C=O) groups is 1. The van der Waals surface area contributed by atoms with Crippen molar-refractivity contribution in [2.24, 2.45) is 0 Å². The lowest BCUT2D eigenvalue weighted by Gasteiger charge is -2.24. The van der Waals surface area contributed by atoms with Gasteiger partial charge in [0.1, 0.15) is 5.82 Å². The topological polar surface area (TPSA) is 29.1 Å². The van der Waals surface area contributed by atoms with Gasteiger partial charge in [0, 0.05) is 33.2 Å². The standard InChI is InChI=1S/C19H13ClFNOS/c20-13-5-1-12(2-6-13)16-10-24-19-15(9-17(23)22-18(16)19)11-3-7-14(21)8-4-11/h1-8,10,15H,9H2,(H,22,23)/t15-/m1/s1. The van der Waals surface area contributed by atoms with Crippen LogP contribution in [0.25, 0.3) is 11.1 Å². The molecule has 0 spiro atoms. The zero-order valence-electron chi connectivity index (χ0n) is 12.6. The summed E-state index contributed by atoms with van der Waals surface area (Å²) in [7, 11) is 0. The van der Waals surface area contributed by atoms with Gasteiger partial charge in [-0.15, -0.1) is 11.3 Å². The Morgan fingerprint density at radius 1 is 1.08 bits per heavy atom. The lowest BCUT2D eigenvalue weighted by molar-refractivity contribution is -0.116. The molecule has 2 heterocycles. The third-order valence-electron chi connectivity index (χ3n) is 4.22. The molecule has 1 aromatic heterocycles. The number of anilines is 1. The predicted octanol–water partition coefficient (Wildman–Crippen LogP) is 5.68. The fourth-order valence-electron chi connectivity index (χ4n) is 3.03.